The minimum absolute atomic E-state index is 0.106. The molecule has 0 spiro atoms. The van der Waals surface area contributed by atoms with Crippen molar-refractivity contribution in [2.24, 2.45) is 0 Å². The Hall–Kier alpha value is -2.37. The van der Waals surface area contributed by atoms with E-state index in [-0.39, 0.29) is 25.0 Å². The fourth-order valence-electron chi connectivity index (χ4n) is 2.18. The molecule has 1 aliphatic rings. The molecule has 1 saturated heterocycles. The normalized spacial score (nSPS) is 14.1. The monoisotopic (exact) mass is 290 g/mol. The molecular weight excluding hydrogens is 272 g/mol. The van der Waals surface area contributed by atoms with Crippen LogP contribution in [-0.4, -0.2) is 37.5 Å². The number of carbonyl (C=O) groups is 3. The molecule has 0 bridgehead atoms. The SMILES string of the molecule is CCOC(=O)CNC(=O)c1ccc(N2CCCC2=O)cc1. The summed E-state index contributed by atoms with van der Waals surface area (Å²) in [6, 6.07) is 6.76. The third kappa shape index (κ3) is 3.81. The minimum Gasteiger partial charge on any atom is -0.465 e. The number of esters is 1. The lowest BCUT2D eigenvalue weighted by Gasteiger charge is -2.15. The van der Waals surface area contributed by atoms with Crippen molar-refractivity contribution in [3.8, 4) is 0 Å². The Kier molecular flexibility index (Phi) is 4.92. The van der Waals surface area contributed by atoms with E-state index in [2.05, 4.69) is 5.32 Å². The highest BCUT2D eigenvalue weighted by molar-refractivity contribution is 5.98. The van der Waals surface area contributed by atoms with Crippen molar-refractivity contribution in [1.29, 1.82) is 0 Å². The van der Waals surface area contributed by atoms with Gasteiger partial charge in [0.2, 0.25) is 5.91 Å². The van der Waals surface area contributed by atoms with E-state index in [1.807, 2.05) is 0 Å². The maximum Gasteiger partial charge on any atom is 0.325 e. The highest BCUT2D eigenvalue weighted by Crippen LogP contribution is 2.21. The third-order valence-corrected chi connectivity index (χ3v) is 3.21. The van der Waals surface area contributed by atoms with E-state index >= 15 is 0 Å². The Morgan fingerprint density at radius 2 is 2.00 bits per heavy atom. The van der Waals surface area contributed by atoms with E-state index in [9.17, 15) is 14.4 Å². The first-order valence-corrected chi connectivity index (χ1v) is 6.96. The molecule has 0 aromatic heterocycles. The topological polar surface area (TPSA) is 75.7 Å². The first-order valence-electron chi connectivity index (χ1n) is 6.96. The second-order valence-electron chi connectivity index (χ2n) is 4.68. The summed E-state index contributed by atoms with van der Waals surface area (Å²) in [6.45, 7) is 2.55. The van der Waals surface area contributed by atoms with Crippen molar-refractivity contribution in [3.05, 3.63) is 29.8 Å². The van der Waals surface area contributed by atoms with Gasteiger partial charge in [0.25, 0.3) is 5.91 Å². The lowest BCUT2D eigenvalue weighted by Crippen LogP contribution is -2.30. The second kappa shape index (κ2) is 6.88. The predicted octanol–water partition coefficient (Wildman–Crippen LogP) is 1.11. The Balaban J connectivity index is 1.93. The predicted molar refractivity (Wildman–Crippen MR) is 77.0 cm³/mol. The third-order valence-electron chi connectivity index (χ3n) is 3.21. The van der Waals surface area contributed by atoms with Gasteiger partial charge in [-0.25, -0.2) is 0 Å². The maximum atomic E-state index is 11.9. The zero-order chi connectivity index (χ0) is 15.2. The molecule has 0 unspecified atom stereocenters. The molecule has 6 nitrogen and oxygen atoms in total. The Morgan fingerprint density at radius 1 is 1.29 bits per heavy atom. The fraction of sp³-hybridized carbons (Fsp3) is 0.400. The Morgan fingerprint density at radius 3 is 2.57 bits per heavy atom. The van der Waals surface area contributed by atoms with Gasteiger partial charge >= 0.3 is 5.97 Å². The number of benzene rings is 1. The molecule has 2 rings (SSSR count). The van der Waals surface area contributed by atoms with Gasteiger partial charge < -0.3 is 15.0 Å². The van der Waals surface area contributed by atoms with Crippen LogP contribution in [0.5, 0.6) is 0 Å². The molecule has 112 valence electrons. The van der Waals surface area contributed by atoms with Crippen LogP contribution in [0, 0.1) is 0 Å². The van der Waals surface area contributed by atoms with Crippen molar-refractivity contribution in [3.63, 3.8) is 0 Å². The van der Waals surface area contributed by atoms with Crippen molar-refractivity contribution in [2.75, 3.05) is 24.6 Å². The zero-order valence-electron chi connectivity index (χ0n) is 11.9. The number of hydrogen-bond donors (Lipinski definition) is 1. The molecule has 2 amide bonds. The van der Waals surface area contributed by atoms with Crippen molar-refractivity contribution in [1.82, 2.24) is 5.32 Å². The van der Waals surface area contributed by atoms with Crippen LogP contribution < -0.4 is 10.2 Å². The second-order valence-corrected chi connectivity index (χ2v) is 4.68. The highest BCUT2D eigenvalue weighted by atomic mass is 16.5. The molecule has 1 heterocycles. The van der Waals surface area contributed by atoms with Crippen LogP contribution in [-0.2, 0) is 14.3 Å². The van der Waals surface area contributed by atoms with E-state index < -0.39 is 5.97 Å². The van der Waals surface area contributed by atoms with Gasteiger partial charge in [0, 0.05) is 24.2 Å². The lowest BCUT2D eigenvalue weighted by molar-refractivity contribution is -0.141. The van der Waals surface area contributed by atoms with Gasteiger partial charge in [-0.05, 0) is 37.6 Å². The van der Waals surface area contributed by atoms with E-state index in [0.717, 1.165) is 12.1 Å². The van der Waals surface area contributed by atoms with Crippen molar-refractivity contribution >= 4 is 23.5 Å². The van der Waals surface area contributed by atoms with Crippen LogP contribution in [0.15, 0.2) is 24.3 Å². The zero-order valence-corrected chi connectivity index (χ0v) is 11.9. The number of amides is 2. The molecule has 1 aromatic carbocycles. The van der Waals surface area contributed by atoms with Crippen LogP contribution in [0.1, 0.15) is 30.1 Å². The molecule has 0 saturated carbocycles. The number of ether oxygens (including phenoxy) is 1. The summed E-state index contributed by atoms with van der Waals surface area (Å²) in [5.41, 5.74) is 1.23. The molecule has 0 atom stereocenters. The van der Waals surface area contributed by atoms with Crippen LogP contribution in [0.25, 0.3) is 0 Å². The molecule has 0 aliphatic carbocycles. The van der Waals surface area contributed by atoms with Crippen LogP contribution in [0.4, 0.5) is 5.69 Å². The average Bonchev–Trinajstić information content (AvgIpc) is 2.91. The van der Waals surface area contributed by atoms with Crippen molar-refractivity contribution in [2.45, 2.75) is 19.8 Å². The number of carbonyl (C=O) groups excluding carboxylic acids is 3. The van der Waals surface area contributed by atoms with E-state index in [1.165, 1.54) is 0 Å². The first kappa shape index (κ1) is 15.0. The van der Waals surface area contributed by atoms with Gasteiger partial charge in [0.15, 0.2) is 0 Å². The van der Waals surface area contributed by atoms with Crippen molar-refractivity contribution < 1.29 is 19.1 Å². The van der Waals surface area contributed by atoms with E-state index in [0.29, 0.717) is 18.5 Å². The standard InChI is InChI=1S/C15H18N2O4/c1-2-21-14(19)10-16-15(20)11-5-7-12(8-6-11)17-9-3-4-13(17)18/h5-8H,2-4,9-10H2,1H3,(H,16,20). The summed E-state index contributed by atoms with van der Waals surface area (Å²) in [6.07, 6.45) is 1.43. The number of nitrogens with zero attached hydrogens (tertiary/aromatic N) is 1. The number of nitrogens with one attached hydrogen (secondary N) is 1. The smallest absolute Gasteiger partial charge is 0.325 e. The molecule has 21 heavy (non-hydrogen) atoms. The van der Waals surface area contributed by atoms with Crippen LogP contribution in [0.3, 0.4) is 0 Å². The summed E-state index contributed by atoms with van der Waals surface area (Å²) < 4.78 is 4.73. The summed E-state index contributed by atoms with van der Waals surface area (Å²) in [5.74, 6) is -0.706. The fourth-order valence-corrected chi connectivity index (χ4v) is 2.18. The highest BCUT2D eigenvalue weighted by Gasteiger charge is 2.21. The van der Waals surface area contributed by atoms with Gasteiger partial charge in [-0.3, -0.25) is 14.4 Å². The molecule has 1 aliphatic heterocycles. The Labute approximate surface area is 123 Å². The summed E-state index contributed by atoms with van der Waals surface area (Å²) in [5, 5.41) is 2.49. The van der Waals surface area contributed by atoms with Gasteiger partial charge in [-0.1, -0.05) is 0 Å². The summed E-state index contributed by atoms with van der Waals surface area (Å²) >= 11 is 0. The first-order chi connectivity index (χ1) is 10.1. The molecule has 1 fully saturated rings. The number of hydrogen-bond acceptors (Lipinski definition) is 4. The molecule has 1 N–H and O–H groups in total. The quantitative estimate of drug-likeness (QED) is 0.824. The van der Waals surface area contributed by atoms with Gasteiger partial charge in [-0.2, -0.15) is 0 Å². The van der Waals surface area contributed by atoms with Gasteiger partial charge in [0.1, 0.15) is 6.54 Å². The molecule has 1 aromatic rings. The number of anilines is 1. The van der Waals surface area contributed by atoms with E-state index in [1.54, 1.807) is 36.1 Å². The maximum absolute atomic E-state index is 11.9. The molecule has 6 heteroatoms. The van der Waals surface area contributed by atoms with Gasteiger partial charge in [0.05, 0.1) is 6.61 Å². The lowest BCUT2D eigenvalue weighted by atomic mass is 10.2. The summed E-state index contributed by atoms with van der Waals surface area (Å²) in [4.78, 5) is 36.3. The van der Waals surface area contributed by atoms with Crippen LogP contribution >= 0.6 is 0 Å². The largest absolute Gasteiger partial charge is 0.465 e. The van der Waals surface area contributed by atoms with E-state index in [4.69, 9.17) is 4.74 Å². The molecular formula is C15H18N2O4. The average molecular weight is 290 g/mol. The molecule has 0 radical (unpaired) electrons. The minimum atomic E-state index is -0.467. The summed E-state index contributed by atoms with van der Waals surface area (Å²) in [7, 11) is 0. The van der Waals surface area contributed by atoms with Gasteiger partial charge in [-0.15, -0.1) is 0 Å². The number of rotatable bonds is 5. The van der Waals surface area contributed by atoms with Crippen LogP contribution in [0.2, 0.25) is 0 Å². The Bertz CT molecular complexity index is 539.